The maximum atomic E-state index is 5.73. The zero-order chi connectivity index (χ0) is 14.8. The summed E-state index contributed by atoms with van der Waals surface area (Å²) in [4.78, 5) is 7.88. The molecule has 2 aromatic carbocycles. The normalized spacial score (nSPS) is 10.9. The first-order valence-corrected chi connectivity index (χ1v) is 7.18. The molecule has 0 saturated carbocycles. The van der Waals surface area contributed by atoms with E-state index in [4.69, 9.17) is 4.74 Å². The lowest BCUT2D eigenvalue weighted by atomic mass is 10.3. The average Bonchev–Trinajstić information content (AvgIpc) is 3.22. The summed E-state index contributed by atoms with van der Waals surface area (Å²) in [6.07, 6.45) is 4.05. The predicted octanol–water partition coefficient (Wildman–Crippen LogP) is 3.93. The molecule has 0 radical (unpaired) electrons. The van der Waals surface area contributed by atoms with Crippen molar-refractivity contribution in [2.45, 2.75) is 6.61 Å². The third kappa shape index (κ3) is 2.46. The first kappa shape index (κ1) is 12.7. The minimum atomic E-state index is 0.428. The summed E-state index contributed by atoms with van der Waals surface area (Å²) in [5, 5.41) is 0. The van der Waals surface area contributed by atoms with Crippen molar-refractivity contribution in [2.24, 2.45) is 0 Å². The Morgan fingerprint density at radius 2 is 1.77 bits per heavy atom. The molecule has 0 bridgehead atoms. The molecule has 0 aliphatic rings. The van der Waals surface area contributed by atoms with Crippen LogP contribution in [0.5, 0.6) is 5.75 Å². The molecule has 22 heavy (non-hydrogen) atoms. The van der Waals surface area contributed by atoms with E-state index >= 15 is 0 Å². The van der Waals surface area contributed by atoms with Gasteiger partial charge in [0.2, 0.25) is 0 Å². The highest BCUT2D eigenvalue weighted by Crippen LogP contribution is 2.18. The van der Waals surface area contributed by atoms with Crippen LogP contribution in [-0.4, -0.2) is 14.5 Å². The van der Waals surface area contributed by atoms with Crippen molar-refractivity contribution in [1.29, 1.82) is 0 Å². The molecule has 4 aromatic rings. The maximum Gasteiger partial charge on any atom is 0.146 e. The number of fused-ring (bicyclic) bond motifs is 1. The second-order valence-corrected chi connectivity index (χ2v) is 5.08. The third-order valence-electron chi connectivity index (χ3n) is 3.54. The molecule has 0 fully saturated rings. The number of hydrogen-bond acceptors (Lipinski definition) is 2. The molecule has 0 aliphatic heterocycles. The molecule has 2 heterocycles. The molecule has 4 nitrogen and oxygen atoms in total. The summed E-state index contributed by atoms with van der Waals surface area (Å²) in [6.45, 7) is 0.428. The Labute approximate surface area is 128 Å². The summed E-state index contributed by atoms with van der Waals surface area (Å²) in [5.74, 6) is 1.67. The third-order valence-corrected chi connectivity index (χ3v) is 3.54. The van der Waals surface area contributed by atoms with Crippen LogP contribution in [0.4, 0.5) is 0 Å². The van der Waals surface area contributed by atoms with Gasteiger partial charge < -0.3 is 14.3 Å². The van der Waals surface area contributed by atoms with Crippen molar-refractivity contribution in [2.75, 3.05) is 0 Å². The van der Waals surface area contributed by atoms with Crippen LogP contribution < -0.4 is 4.74 Å². The molecule has 0 atom stereocenters. The Morgan fingerprint density at radius 1 is 0.955 bits per heavy atom. The van der Waals surface area contributed by atoms with Crippen LogP contribution in [-0.2, 0) is 6.61 Å². The lowest BCUT2D eigenvalue weighted by Crippen LogP contribution is -1.96. The van der Waals surface area contributed by atoms with E-state index in [9.17, 15) is 0 Å². The number of aromatic amines is 1. The number of para-hydroxylation sites is 1. The fourth-order valence-corrected chi connectivity index (χ4v) is 2.45. The summed E-state index contributed by atoms with van der Waals surface area (Å²) >= 11 is 0. The number of nitrogens with zero attached hydrogens (tertiary/aromatic N) is 2. The minimum absolute atomic E-state index is 0.428. The van der Waals surface area contributed by atoms with Crippen LogP contribution >= 0.6 is 0 Å². The first-order valence-electron chi connectivity index (χ1n) is 7.18. The fourth-order valence-electron chi connectivity index (χ4n) is 2.45. The molecule has 4 rings (SSSR count). The summed E-state index contributed by atoms with van der Waals surface area (Å²) in [5.41, 5.74) is 3.07. The van der Waals surface area contributed by atoms with Crippen molar-refractivity contribution in [3.63, 3.8) is 0 Å². The molecule has 1 N–H and O–H groups in total. The summed E-state index contributed by atoms with van der Waals surface area (Å²) in [7, 11) is 0. The van der Waals surface area contributed by atoms with Gasteiger partial charge in [0.1, 0.15) is 18.2 Å². The highest BCUT2D eigenvalue weighted by molar-refractivity contribution is 5.77. The Bertz CT molecular complexity index is 879. The molecule has 108 valence electrons. The number of imidazole rings is 1. The van der Waals surface area contributed by atoms with Crippen LogP contribution in [0.15, 0.2) is 73.1 Å². The summed E-state index contributed by atoms with van der Waals surface area (Å²) < 4.78 is 7.79. The van der Waals surface area contributed by atoms with Crippen molar-refractivity contribution < 1.29 is 4.74 Å². The van der Waals surface area contributed by atoms with Crippen LogP contribution in [0.3, 0.4) is 0 Å². The topological polar surface area (TPSA) is 42.8 Å². The van der Waals surface area contributed by atoms with Crippen LogP contribution in [0, 0.1) is 0 Å². The van der Waals surface area contributed by atoms with E-state index in [1.54, 1.807) is 0 Å². The van der Waals surface area contributed by atoms with Gasteiger partial charge in [-0.15, -0.1) is 0 Å². The van der Waals surface area contributed by atoms with Gasteiger partial charge in [-0.2, -0.15) is 0 Å². The highest BCUT2D eigenvalue weighted by Gasteiger charge is 2.05. The Hall–Kier alpha value is -3.01. The number of benzene rings is 2. The smallest absolute Gasteiger partial charge is 0.146 e. The minimum Gasteiger partial charge on any atom is -0.486 e. The van der Waals surface area contributed by atoms with Crippen LogP contribution in [0.25, 0.3) is 16.7 Å². The SMILES string of the molecule is c1ccc(OCc2nc3ccc(-n4cccc4)cc3[nH]2)cc1. The molecule has 0 aliphatic carbocycles. The molecule has 0 saturated heterocycles. The average molecular weight is 289 g/mol. The van der Waals surface area contributed by atoms with Crippen LogP contribution in [0.1, 0.15) is 5.82 Å². The van der Waals surface area contributed by atoms with Crippen molar-refractivity contribution in [3.8, 4) is 11.4 Å². The monoisotopic (exact) mass is 289 g/mol. The first-order chi connectivity index (χ1) is 10.9. The largest absolute Gasteiger partial charge is 0.486 e. The molecular formula is C18H15N3O. The lowest BCUT2D eigenvalue weighted by molar-refractivity contribution is 0.297. The van der Waals surface area contributed by atoms with E-state index in [0.717, 1.165) is 28.3 Å². The number of ether oxygens (including phenoxy) is 1. The van der Waals surface area contributed by atoms with E-state index in [0.29, 0.717) is 6.61 Å². The molecule has 0 unspecified atom stereocenters. The van der Waals surface area contributed by atoms with Gasteiger partial charge in [0.15, 0.2) is 0 Å². The van der Waals surface area contributed by atoms with Crippen molar-refractivity contribution in [3.05, 3.63) is 78.9 Å². The highest BCUT2D eigenvalue weighted by atomic mass is 16.5. The number of nitrogens with one attached hydrogen (secondary N) is 1. The number of rotatable bonds is 4. The maximum absolute atomic E-state index is 5.73. The summed E-state index contributed by atoms with van der Waals surface area (Å²) in [6, 6.07) is 19.9. The van der Waals surface area contributed by atoms with E-state index in [1.807, 2.05) is 60.9 Å². The van der Waals surface area contributed by atoms with E-state index in [2.05, 4.69) is 26.7 Å². The molecule has 0 spiro atoms. The molecule has 2 aromatic heterocycles. The van der Waals surface area contributed by atoms with Gasteiger partial charge in [-0.25, -0.2) is 4.98 Å². The number of hydrogen-bond donors (Lipinski definition) is 1. The number of H-pyrrole nitrogens is 1. The second kappa shape index (κ2) is 5.41. The van der Waals surface area contributed by atoms with E-state index in [-0.39, 0.29) is 0 Å². The van der Waals surface area contributed by atoms with Gasteiger partial charge in [-0.3, -0.25) is 0 Å². The van der Waals surface area contributed by atoms with Gasteiger partial charge >= 0.3 is 0 Å². The Morgan fingerprint density at radius 3 is 2.59 bits per heavy atom. The second-order valence-electron chi connectivity index (χ2n) is 5.08. The van der Waals surface area contributed by atoms with E-state index in [1.165, 1.54) is 0 Å². The van der Waals surface area contributed by atoms with Crippen molar-refractivity contribution >= 4 is 11.0 Å². The Kier molecular flexibility index (Phi) is 3.12. The molecular weight excluding hydrogens is 274 g/mol. The van der Waals surface area contributed by atoms with E-state index < -0.39 is 0 Å². The predicted molar refractivity (Wildman–Crippen MR) is 86.2 cm³/mol. The standard InChI is InChI=1S/C18H15N3O/c1-2-6-15(7-3-1)22-13-18-19-16-9-8-14(12-17(16)20-18)21-10-4-5-11-21/h1-12H,13H2,(H,19,20). The fraction of sp³-hybridized carbons (Fsp3) is 0.0556. The number of aromatic nitrogens is 3. The van der Waals surface area contributed by atoms with Crippen molar-refractivity contribution in [1.82, 2.24) is 14.5 Å². The van der Waals surface area contributed by atoms with Gasteiger partial charge in [0.05, 0.1) is 11.0 Å². The quantitative estimate of drug-likeness (QED) is 0.618. The van der Waals surface area contributed by atoms with Gasteiger partial charge in [0, 0.05) is 18.1 Å². The van der Waals surface area contributed by atoms with Gasteiger partial charge in [-0.1, -0.05) is 18.2 Å². The lowest BCUT2D eigenvalue weighted by Gasteiger charge is -2.02. The zero-order valence-corrected chi connectivity index (χ0v) is 11.9. The zero-order valence-electron chi connectivity index (χ0n) is 11.9. The Balaban J connectivity index is 1.58. The van der Waals surface area contributed by atoms with Gasteiger partial charge in [0.25, 0.3) is 0 Å². The molecule has 4 heteroatoms. The van der Waals surface area contributed by atoms with Gasteiger partial charge in [-0.05, 0) is 42.5 Å². The van der Waals surface area contributed by atoms with Crippen LogP contribution in [0.2, 0.25) is 0 Å². The molecule has 0 amide bonds.